The van der Waals surface area contributed by atoms with Gasteiger partial charge in [0.2, 0.25) is 0 Å². The molecule has 0 bridgehead atoms. The average Bonchev–Trinajstić information content (AvgIpc) is 3.34. The van der Waals surface area contributed by atoms with Crippen LogP contribution in [0, 0.1) is 6.92 Å². The Morgan fingerprint density at radius 3 is 2.62 bits per heavy atom. The molecule has 0 aliphatic carbocycles. The van der Waals surface area contributed by atoms with Crippen molar-refractivity contribution >= 4 is 47.1 Å². The Kier molecular flexibility index (Phi) is 10.2. The summed E-state index contributed by atoms with van der Waals surface area (Å²) in [4.78, 5) is 49.5. The van der Waals surface area contributed by atoms with Crippen molar-refractivity contribution in [3.05, 3.63) is 63.2 Å². The molecule has 2 unspecified atom stereocenters. The number of carbonyl (C=O) groups excluding carboxylic acids is 4. The number of nitrogens with zero attached hydrogens (tertiary/aromatic N) is 1. The van der Waals surface area contributed by atoms with Gasteiger partial charge in [0.05, 0.1) is 11.7 Å². The number of halogens is 1. The molecule has 2 amide bonds. The normalized spacial score (nSPS) is 18.2. The number of furan rings is 1. The van der Waals surface area contributed by atoms with Gasteiger partial charge in [-0.25, -0.2) is 0 Å². The van der Waals surface area contributed by atoms with Gasteiger partial charge in [-0.2, -0.15) is 0 Å². The van der Waals surface area contributed by atoms with Gasteiger partial charge in [0.25, 0.3) is 11.8 Å². The number of nitrogens with one attached hydrogen (secondary N) is 1. The fourth-order valence-corrected chi connectivity index (χ4v) is 5.66. The fraction of sp³-hybridized carbons (Fsp3) is 0.385. The minimum Gasteiger partial charge on any atom is -0.543 e. The zero-order chi connectivity index (χ0) is 27.7. The van der Waals surface area contributed by atoms with Crippen molar-refractivity contribution in [3.8, 4) is 5.75 Å². The summed E-state index contributed by atoms with van der Waals surface area (Å²) in [6.45, 7) is 6.96. The van der Waals surface area contributed by atoms with Gasteiger partial charge in [0.1, 0.15) is 36.1 Å². The molecule has 2 aliphatic rings. The van der Waals surface area contributed by atoms with Crippen LogP contribution >= 0.6 is 23.4 Å². The van der Waals surface area contributed by atoms with Crippen LogP contribution in [0.4, 0.5) is 0 Å². The largest absolute Gasteiger partial charge is 1.00 e. The van der Waals surface area contributed by atoms with E-state index < -0.39 is 35.2 Å². The number of benzene rings is 1. The Balaban J connectivity index is 0.00000420. The van der Waals surface area contributed by atoms with Gasteiger partial charge in [-0.15, -0.1) is 11.8 Å². The van der Waals surface area contributed by atoms with Crippen LogP contribution in [0.15, 0.2) is 40.0 Å². The Hall–Kier alpha value is -2.44. The van der Waals surface area contributed by atoms with Gasteiger partial charge in [-0.3, -0.25) is 19.3 Å². The third kappa shape index (κ3) is 6.66. The number of carboxylic acids is 1. The van der Waals surface area contributed by atoms with Crippen molar-refractivity contribution < 1.29 is 67.7 Å². The van der Waals surface area contributed by atoms with E-state index in [1.54, 1.807) is 6.07 Å². The van der Waals surface area contributed by atoms with Gasteiger partial charge in [0.15, 0.2) is 5.76 Å². The van der Waals surface area contributed by atoms with Crippen molar-refractivity contribution in [3.63, 3.8) is 0 Å². The molecule has 0 radical (unpaired) electrons. The molecule has 3 heterocycles. The van der Waals surface area contributed by atoms with E-state index in [4.69, 9.17) is 25.5 Å². The molecule has 2 atom stereocenters. The maximum Gasteiger partial charge on any atom is 1.00 e. The van der Waals surface area contributed by atoms with Crippen LogP contribution in [-0.2, 0) is 25.7 Å². The van der Waals surface area contributed by atoms with Crippen molar-refractivity contribution in [2.24, 2.45) is 0 Å². The molecule has 1 aromatic carbocycles. The SMILES string of the molecule is CC(=O)OCC1=C(C(=O)[O-])N2C(=O)C(NC(=O)c3ccc(COc4cc(C)c(Cl)cc4C(C)C)o3)C2SC1.[Na+]. The molecular weight excluding hydrogens is 559 g/mol. The smallest absolute Gasteiger partial charge is 0.543 e. The summed E-state index contributed by atoms with van der Waals surface area (Å²) in [5, 5.41) is 14.3. The van der Waals surface area contributed by atoms with Gasteiger partial charge >= 0.3 is 35.5 Å². The number of ether oxygens (including phenoxy) is 2. The number of hydrogen-bond acceptors (Lipinski definition) is 9. The molecule has 10 nitrogen and oxygen atoms in total. The zero-order valence-electron chi connectivity index (χ0n) is 22.2. The van der Waals surface area contributed by atoms with Crippen LogP contribution in [0.3, 0.4) is 0 Å². The first kappa shape index (κ1) is 31.1. The van der Waals surface area contributed by atoms with Gasteiger partial charge in [-0.1, -0.05) is 25.4 Å². The van der Waals surface area contributed by atoms with Crippen LogP contribution in [-0.4, -0.2) is 52.4 Å². The Labute approximate surface area is 256 Å². The predicted molar refractivity (Wildman–Crippen MR) is 136 cm³/mol. The molecule has 1 N–H and O–H groups in total. The Morgan fingerprint density at radius 2 is 1.97 bits per heavy atom. The predicted octanol–water partition coefficient (Wildman–Crippen LogP) is -0.472. The van der Waals surface area contributed by atoms with E-state index in [0.717, 1.165) is 16.0 Å². The summed E-state index contributed by atoms with van der Waals surface area (Å²) in [6.07, 6.45) is 0. The number of β-lactam (4-membered cyclic amide) rings is 1. The van der Waals surface area contributed by atoms with E-state index in [0.29, 0.717) is 16.5 Å². The summed E-state index contributed by atoms with van der Waals surface area (Å²) in [7, 11) is 0. The monoisotopic (exact) mass is 584 g/mol. The number of carbonyl (C=O) groups is 4. The first-order chi connectivity index (χ1) is 18.0. The van der Waals surface area contributed by atoms with E-state index in [9.17, 15) is 24.3 Å². The number of esters is 1. The molecule has 13 heteroatoms. The third-order valence-electron chi connectivity index (χ3n) is 6.15. The summed E-state index contributed by atoms with van der Waals surface area (Å²) in [5.41, 5.74) is 1.75. The summed E-state index contributed by atoms with van der Waals surface area (Å²) < 4.78 is 16.5. The van der Waals surface area contributed by atoms with E-state index in [2.05, 4.69) is 5.32 Å². The molecule has 1 saturated heterocycles. The van der Waals surface area contributed by atoms with Crippen molar-refractivity contribution in [2.75, 3.05) is 12.4 Å². The van der Waals surface area contributed by atoms with Crippen molar-refractivity contribution in [1.82, 2.24) is 10.2 Å². The molecule has 4 rings (SSSR count). The van der Waals surface area contributed by atoms with Crippen LogP contribution in [0.2, 0.25) is 5.02 Å². The standard InChI is InChI=1S/C26H27ClN2O8S.Na/c1-12(2)17-8-18(27)13(3)7-20(17)36-10-16-5-6-19(37-16)23(31)28-21-24(32)29-22(26(33)34)15(9-35-14(4)30)11-38-25(21)29;/h5-8,12,21,25H,9-11H2,1-4H3,(H,28,31)(H,33,34);/q;+1/p-1. The molecule has 39 heavy (non-hydrogen) atoms. The molecule has 0 saturated carbocycles. The molecule has 1 fully saturated rings. The first-order valence-corrected chi connectivity index (χ1v) is 13.2. The number of rotatable bonds is 9. The number of aliphatic carboxylic acids is 1. The van der Waals surface area contributed by atoms with E-state index in [1.807, 2.05) is 32.9 Å². The van der Waals surface area contributed by atoms with Crippen LogP contribution < -0.4 is 44.7 Å². The Bertz CT molecular complexity index is 1340. The number of amides is 2. The summed E-state index contributed by atoms with van der Waals surface area (Å²) in [5.74, 6) is -1.91. The maximum atomic E-state index is 12.8. The van der Waals surface area contributed by atoms with E-state index >= 15 is 0 Å². The van der Waals surface area contributed by atoms with Gasteiger partial charge in [0, 0.05) is 23.3 Å². The molecule has 2 aliphatic heterocycles. The second kappa shape index (κ2) is 12.8. The van der Waals surface area contributed by atoms with Crippen molar-refractivity contribution in [2.45, 2.75) is 51.6 Å². The maximum absolute atomic E-state index is 12.8. The number of thioether (sulfide) groups is 1. The van der Waals surface area contributed by atoms with Crippen LogP contribution in [0.25, 0.3) is 0 Å². The number of aryl methyl sites for hydroxylation is 1. The molecular formula is C26H26ClN2NaO8S. The first-order valence-electron chi connectivity index (χ1n) is 11.8. The topological polar surface area (TPSA) is 138 Å². The second-order valence-electron chi connectivity index (χ2n) is 9.23. The summed E-state index contributed by atoms with van der Waals surface area (Å²) in [6, 6.07) is 5.86. The second-order valence-corrected chi connectivity index (χ2v) is 10.7. The minimum absolute atomic E-state index is 0. The van der Waals surface area contributed by atoms with Gasteiger partial charge < -0.3 is 29.1 Å². The average molecular weight is 585 g/mol. The Morgan fingerprint density at radius 1 is 1.26 bits per heavy atom. The van der Waals surface area contributed by atoms with Gasteiger partial charge in [-0.05, 0) is 48.2 Å². The van der Waals surface area contributed by atoms with E-state index in [-0.39, 0.29) is 71.5 Å². The van der Waals surface area contributed by atoms with Crippen LogP contribution in [0.1, 0.15) is 54.1 Å². The van der Waals surface area contributed by atoms with Crippen LogP contribution in [0.5, 0.6) is 5.75 Å². The number of hydrogen-bond donors (Lipinski definition) is 1. The molecule has 2 aromatic rings. The fourth-order valence-electron chi connectivity index (χ4n) is 4.16. The quantitative estimate of drug-likeness (QED) is 0.235. The zero-order valence-corrected chi connectivity index (χ0v) is 25.7. The molecule has 202 valence electrons. The number of fused-ring (bicyclic) bond motifs is 1. The van der Waals surface area contributed by atoms with E-state index in [1.165, 1.54) is 24.8 Å². The van der Waals surface area contributed by atoms with Crippen molar-refractivity contribution in [1.29, 1.82) is 0 Å². The minimum atomic E-state index is -1.55. The molecule has 1 aromatic heterocycles. The molecule has 0 spiro atoms. The summed E-state index contributed by atoms with van der Waals surface area (Å²) >= 11 is 7.50. The third-order valence-corrected chi connectivity index (χ3v) is 7.89. The number of carboxylic acid groups (broad SMARTS) is 1.